The van der Waals surface area contributed by atoms with E-state index in [1.165, 1.54) is 0 Å². The molecule has 0 aliphatic rings. The molecular formula is C16H22O5. The highest BCUT2D eigenvalue weighted by atomic mass is 16.6. The van der Waals surface area contributed by atoms with Gasteiger partial charge in [-0.2, -0.15) is 0 Å². The summed E-state index contributed by atoms with van der Waals surface area (Å²) < 4.78 is 21.0. The molecule has 0 saturated carbocycles. The Morgan fingerprint density at radius 3 is 2.14 bits per heavy atom. The van der Waals surface area contributed by atoms with Crippen molar-refractivity contribution in [2.24, 2.45) is 0 Å². The van der Waals surface area contributed by atoms with E-state index in [1.807, 2.05) is 24.3 Å². The van der Waals surface area contributed by atoms with Crippen molar-refractivity contribution in [2.75, 3.05) is 53.4 Å². The van der Waals surface area contributed by atoms with Gasteiger partial charge in [0.05, 0.1) is 33.0 Å². The second-order valence-electron chi connectivity index (χ2n) is 4.05. The van der Waals surface area contributed by atoms with E-state index in [-0.39, 0.29) is 6.61 Å². The van der Waals surface area contributed by atoms with E-state index in [1.54, 1.807) is 7.11 Å². The van der Waals surface area contributed by atoms with Crippen molar-refractivity contribution in [1.29, 1.82) is 0 Å². The van der Waals surface area contributed by atoms with Crippen molar-refractivity contribution in [2.45, 2.75) is 0 Å². The quantitative estimate of drug-likeness (QED) is 0.517. The summed E-state index contributed by atoms with van der Waals surface area (Å²) in [5.74, 6) is 6.19. The van der Waals surface area contributed by atoms with Gasteiger partial charge in [0.25, 0.3) is 0 Å². The van der Waals surface area contributed by atoms with Crippen molar-refractivity contribution in [3.8, 4) is 17.6 Å². The van der Waals surface area contributed by atoms with Crippen molar-refractivity contribution in [1.82, 2.24) is 0 Å². The zero-order valence-corrected chi connectivity index (χ0v) is 12.3. The van der Waals surface area contributed by atoms with Crippen LogP contribution in [0.3, 0.4) is 0 Å². The largest absolute Gasteiger partial charge is 0.491 e. The summed E-state index contributed by atoms with van der Waals surface area (Å²) in [5.41, 5.74) is 0.848. The fourth-order valence-corrected chi connectivity index (χ4v) is 1.46. The normalized spacial score (nSPS) is 10.0. The fraction of sp³-hybridized carbons (Fsp3) is 0.500. The van der Waals surface area contributed by atoms with Gasteiger partial charge < -0.3 is 24.1 Å². The van der Waals surface area contributed by atoms with Gasteiger partial charge in [-0.15, -0.1) is 0 Å². The molecule has 0 radical (unpaired) electrons. The molecule has 0 aliphatic heterocycles. The fourth-order valence-electron chi connectivity index (χ4n) is 1.46. The molecule has 5 heteroatoms. The van der Waals surface area contributed by atoms with Crippen LogP contribution in [0.1, 0.15) is 5.56 Å². The maximum Gasteiger partial charge on any atom is 0.119 e. The first-order valence-corrected chi connectivity index (χ1v) is 6.84. The summed E-state index contributed by atoms with van der Waals surface area (Å²) in [6.07, 6.45) is 0. The van der Waals surface area contributed by atoms with Crippen LogP contribution in [0.15, 0.2) is 24.3 Å². The van der Waals surface area contributed by atoms with Gasteiger partial charge in [-0.1, -0.05) is 11.8 Å². The molecule has 0 spiro atoms. The number of hydrogen-bond acceptors (Lipinski definition) is 5. The molecule has 21 heavy (non-hydrogen) atoms. The van der Waals surface area contributed by atoms with Gasteiger partial charge in [0.1, 0.15) is 19.0 Å². The SMILES string of the molecule is COCCOCCOCCOc1ccc(C#CCO)cc1. The third kappa shape index (κ3) is 9.05. The molecular weight excluding hydrogens is 272 g/mol. The number of aliphatic hydroxyl groups is 1. The number of benzene rings is 1. The third-order valence-electron chi connectivity index (χ3n) is 2.47. The molecule has 0 aliphatic carbocycles. The number of hydrogen-bond donors (Lipinski definition) is 1. The Bertz CT molecular complexity index is 419. The molecule has 0 aromatic heterocycles. The summed E-state index contributed by atoms with van der Waals surface area (Å²) in [5, 5.41) is 8.60. The Balaban J connectivity index is 2.05. The van der Waals surface area contributed by atoms with E-state index < -0.39 is 0 Å². The molecule has 1 rings (SSSR count). The van der Waals surface area contributed by atoms with E-state index in [0.29, 0.717) is 39.6 Å². The van der Waals surface area contributed by atoms with Crippen LogP contribution in [0.25, 0.3) is 0 Å². The van der Waals surface area contributed by atoms with Crippen LogP contribution in [0.4, 0.5) is 0 Å². The van der Waals surface area contributed by atoms with E-state index in [2.05, 4.69) is 11.8 Å². The average Bonchev–Trinajstić information content (AvgIpc) is 2.52. The smallest absolute Gasteiger partial charge is 0.119 e. The van der Waals surface area contributed by atoms with E-state index in [4.69, 9.17) is 24.1 Å². The topological polar surface area (TPSA) is 57.2 Å². The first kappa shape index (κ1) is 17.5. The summed E-state index contributed by atoms with van der Waals surface area (Å²) in [7, 11) is 1.64. The number of rotatable bonds is 10. The lowest BCUT2D eigenvalue weighted by Crippen LogP contribution is -2.12. The Hall–Kier alpha value is -1.58. The lowest BCUT2D eigenvalue weighted by Gasteiger charge is -2.07. The second kappa shape index (κ2) is 12.2. The van der Waals surface area contributed by atoms with E-state index in [9.17, 15) is 0 Å². The van der Waals surface area contributed by atoms with Crippen LogP contribution < -0.4 is 4.74 Å². The van der Waals surface area contributed by atoms with Gasteiger partial charge in [-0.25, -0.2) is 0 Å². The summed E-state index contributed by atoms with van der Waals surface area (Å²) in [6, 6.07) is 7.38. The highest BCUT2D eigenvalue weighted by molar-refractivity contribution is 5.38. The molecule has 0 unspecified atom stereocenters. The van der Waals surface area contributed by atoms with Gasteiger partial charge in [0, 0.05) is 12.7 Å². The highest BCUT2D eigenvalue weighted by Gasteiger charge is 1.95. The molecule has 0 heterocycles. The molecule has 1 aromatic rings. The maximum atomic E-state index is 8.60. The van der Waals surface area contributed by atoms with Crippen LogP contribution in [0.5, 0.6) is 5.75 Å². The lowest BCUT2D eigenvalue weighted by atomic mass is 10.2. The van der Waals surface area contributed by atoms with Crippen molar-refractivity contribution in [3.63, 3.8) is 0 Å². The molecule has 116 valence electrons. The van der Waals surface area contributed by atoms with Gasteiger partial charge in [-0.3, -0.25) is 0 Å². The minimum absolute atomic E-state index is 0.134. The molecule has 0 saturated heterocycles. The Morgan fingerprint density at radius 2 is 1.52 bits per heavy atom. The predicted molar refractivity (Wildman–Crippen MR) is 79.4 cm³/mol. The Labute approximate surface area is 125 Å². The number of methoxy groups -OCH3 is 1. The van der Waals surface area contributed by atoms with Gasteiger partial charge >= 0.3 is 0 Å². The first-order valence-electron chi connectivity index (χ1n) is 6.84. The van der Waals surface area contributed by atoms with Gasteiger partial charge in [-0.05, 0) is 24.3 Å². The van der Waals surface area contributed by atoms with Crippen molar-refractivity contribution in [3.05, 3.63) is 29.8 Å². The predicted octanol–water partition coefficient (Wildman–Crippen LogP) is 1.09. The minimum atomic E-state index is -0.134. The van der Waals surface area contributed by atoms with Crippen LogP contribution in [0, 0.1) is 11.8 Å². The number of ether oxygens (including phenoxy) is 4. The third-order valence-corrected chi connectivity index (χ3v) is 2.47. The molecule has 0 bridgehead atoms. The summed E-state index contributed by atoms with van der Waals surface area (Å²) in [4.78, 5) is 0. The van der Waals surface area contributed by atoms with Crippen LogP contribution >= 0.6 is 0 Å². The average molecular weight is 294 g/mol. The molecule has 0 fully saturated rings. The van der Waals surface area contributed by atoms with Crippen molar-refractivity contribution >= 4 is 0 Å². The monoisotopic (exact) mass is 294 g/mol. The standard InChI is InChI=1S/C16H22O5/c1-18-9-10-19-11-12-20-13-14-21-16-6-4-15(5-7-16)3-2-8-17/h4-7,17H,8-14H2,1H3. The molecule has 0 amide bonds. The zero-order valence-electron chi connectivity index (χ0n) is 12.3. The highest BCUT2D eigenvalue weighted by Crippen LogP contribution is 2.11. The van der Waals surface area contributed by atoms with Gasteiger partial charge in [0.15, 0.2) is 0 Å². The molecule has 0 atom stereocenters. The molecule has 5 nitrogen and oxygen atoms in total. The second-order valence-corrected chi connectivity index (χ2v) is 4.05. The summed E-state index contributed by atoms with van der Waals surface area (Å²) in [6.45, 7) is 3.15. The molecule has 1 N–H and O–H groups in total. The van der Waals surface area contributed by atoms with Crippen LogP contribution in [-0.2, 0) is 14.2 Å². The minimum Gasteiger partial charge on any atom is -0.491 e. The molecule has 1 aromatic carbocycles. The van der Waals surface area contributed by atoms with Gasteiger partial charge in [0.2, 0.25) is 0 Å². The number of aliphatic hydroxyl groups excluding tert-OH is 1. The van der Waals surface area contributed by atoms with E-state index in [0.717, 1.165) is 11.3 Å². The summed E-state index contributed by atoms with van der Waals surface area (Å²) >= 11 is 0. The zero-order chi connectivity index (χ0) is 15.2. The van der Waals surface area contributed by atoms with Crippen molar-refractivity contribution < 1.29 is 24.1 Å². The Kier molecular flexibility index (Phi) is 10.1. The van der Waals surface area contributed by atoms with Crippen LogP contribution in [-0.4, -0.2) is 58.5 Å². The Morgan fingerprint density at radius 1 is 0.905 bits per heavy atom. The lowest BCUT2D eigenvalue weighted by molar-refractivity contribution is 0.0180. The van der Waals surface area contributed by atoms with E-state index >= 15 is 0 Å². The first-order chi connectivity index (χ1) is 10.4. The maximum absolute atomic E-state index is 8.60. The van der Waals surface area contributed by atoms with Crippen LogP contribution in [0.2, 0.25) is 0 Å².